The minimum absolute atomic E-state index is 0.000412. The van der Waals surface area contributed by atoms with Gasteiger partial charge in [0.2, 0.25) is 11.6 Å². The van der Waals surface area contributed by atoms with Crippen LogP contribution in [0.4, 0.5) is 28.7 Å². The van der Waals surface area contributed by atoms with E-state index in [0.717, 1.165) is 17.7 Å². The third-order valence-corrected chi connectivity index (χ3v) is 4.05. The van der Waals surface area contributed by atoms with Crippen molar-refractivity contribution >= 4 is 34.7 Å². The van der Waals surface area contributed by atoms with Gasteiger partial charge in [0.05, 0.1) is 10.5 Å². The second-order valence-electron chi connectivity index (χ2n) is 5.82. The van der Waals surface area contributed by atoms with Crippen LogP contribution in [0.3, 0.4) is 0 Å². The number of aryl methyl sites for hydroxylation is 1. The molecule has 0 aliphatic carbocycles. The molecule has 0 amide bonds. The highest BCUT2D eigenvalue weighted by Gasteiger charge is 2.23. The smallest absolute Gasteiger partial charge is 0.353 e. The second kappa shape index (κ2) is 8.12. The molecule has 0 spiro atoms. The second-order valence-corrected chi connectivity index (χ2v) is 5.82. The van der Waals surface area contributed by atoms with Gasteiger partial charge in [-0.3, -0.25) is 10.1 Å². The molecule has 9 heteroatoms. The van der Waals surface area contributed by atoms with Crippen LogP contribution in [-0.4, -0.2) is 26.0 Å². The molecular formula is C19H17N5O4. The largest absolute Gasteiger partial charge is 0.478 e. The van der Waals surface area contributed by atoms with Gasteiger partial charge < -0.3 is 15.7 Å². The molecule has 1 heterocycles. The maximum Gasteiger partial charge on any atom is 0.353 e. The average Bonchev–Trinajstić information content (AvgIpc) is 2.68. The molecule has 0 bridgehead atoms. The van der Waals surface area contributed by atoms with Crippen LogP contribution in [-0.2, 0) is 6.42 Å². The summed E-state index contributed by atoms with van der Waals surface area (Å²) in [7, 11) is 0. The number of aromatic carboxylic acids is 1. The third-order valence-electron chi connectivity index (χ3n) is 4.05. The van der Waals surface area contributed by atoms with Crippen molar-refractivity contribution in [2.24, 2.45) is 0 Å². The molecule has 0 saturated carbocycles. The molecular weight excluding hydrogens is 362 g/mol. The number of carbonyl (C=O) groups is 1. The summed E-state index contributed by atoms with van der Waals surface area (Å²) < 4.78 is 0. The van der Waals surface area contributed by atoms with E-state index < -0.39 is 10.9 Å². The van der Waals surface area contributed by atoms with Crippen molar-refractivity contribution in [3.05, 3.63) is 76.1 Å². The Morgan fingerprint density at radius 2 is 1.71 bits per heavy atom. The Hall–Kier alpha value is -4.01. The van der Waals surface area contributed by atoms with Crippen LogP contribution >= 0.6 is 0 Å². The number of para-hydroxylation sites is 1. The van der Waals surface area contributed by atoms with E-state index in [1.165, 1.54) is 30.6 Å². The average molecular weight is 379 g/mol. The quantitative estimate of drug-likeness (QED) is 0.412. The highest BCUT2D eigenvalue weighted by molar-refractivity contribution is 5.88. The Labute approximate surface area is 160 Å². The maximum atomic E-state index is 11.7. The van der Waals surface area contributed by atoms with Gasteiger partial charge in [0, 0.05) is 11.4 Å². The molecule has 3 N–H and O–H groups in total. The lowest BCUT2D eigenvalue weighted by molar-refractivity contribution is -0.383. The first-order valence-corrected chi connectivity index (χ1v) is 8.44. The topological polar surface area (TPSA) is 130 Å². The number of carboxylic acid groups (broad SMARTS) is 1. The fourth-order valence-electron chi connectivity index (χ4n) is 2.65. The molecule has 2 aromatic carbocycles. The molecule has 0 fully saturated rings. The van der Waals surface area contributed by atoms with E-state index in [0.29, 0.717) is 5.69 Å². The maximum absolute atomic E-state index is 11.7. The van der Waals surface area contributed by atoms with Gasteiger partial charge in [0.25, 0.3) is 0 Å². The fraction of sp³-hybridized carbons (Fsp3) is 0.105. The number of anilines is 4. The molecule has 0 aliphatic rings. The van der Waals surface area contributed by atoms with Gasteiger partial charge in [0.1, 0.15) is 6.33 Å². The number of benzene rings is 2. The van der Waals surface area contributed by atoms with Crippen LogP contribution in [0.5, 0.6) is 0 Å². The number of hydrogen-bond donors (Lipinski definition) is 3. The first kappa shape index (κ1) is 18.8. The SMILES string of the molecule is CCc1ccccc1Nc1ncnc(Nc2ccc(C(=O)O)cc2)c1[N+](=O)[O-]. The van der Waals surface area contributed by atoms with Crippen molar-refractivity contribution in [1.29, 1.82) is 0 Å². The lowest BCUT2D eigenvalue weighted by atomic mass is 10.1. The summed E-state index contributed by atoms with van der Waals surface area (Å²) in [5, 5.41) is 26.5. The van der Waals surface area contributed by atoms with Crippen molar-refractivity contribution in [3.8, 4) is 0 Å². The lowest BCUT2D eigenvalue weighted by Crippen LogP contribution is -2.06. The number of carboxylic acids is 1. The number of rotatable bonds is 7. The Morgan fingerprint density at radius 1 is 1.07 bits per heavy atom. The predicted molar refractivity (Wildman–Crippen MR) is 104 cm³/mol. The summed E-state index contributed by atoms with van der Waals surface area (Å²) in [6.07, 6.45) is 1.97. The van der Waals surface area contributed by atoms with E-state index in [-0.39, 0.29) is 22.9 Å². The molecule has 9 nitrogen and oxygen atoms in total. The molecule has 0 radical (unpaired) electrons. The van der Waals surface area contributed by atoms with E-state index in [2.05, 4.69) is 20.6 Å². The fourth-order valence-corrected chi connectivity index (χ4v) is 2.65. The van der Waals surface area contributed by atoms with Gasteiger partial charge in [-0.05, 0) is 42.3 Å². The zero-order valence-corrected chi connectivity index (χ0v) is 14.9. The predicted octanol–water partition coefficient (Wildman–Crippen LogP) is 4.13. The number of nitro groups is 1. The molecule has 0 unspecified atom stereocenters. The van der Waals surface area contributed by atoms with E-state index in [4.69, 9.17) is 5.11 Å². The Kier molecular flexibility index (Phi) is 5.45. The van der Waals surface area contributed by atoms with Crippen LogP contribution < -0.4 is 10.6 Å². The molecule has 28 heavy (non-hydrogen) atoms. The van der Waals surface area contributed by atoms with Crippen LogP contribution in [0.15, 0.2) is 54.9 Å². The van der Waals surface area contributed by atoms with Crippen LogP contribution in [0.25, 0.3) is 0 Å². The summed E-state index contributed by atoms with van der Waals surface area (Å²) in [5.74, 6) is -0.995. The third kappa shape index (κ3) is 4.04. The van der Waals surface area contributed by atoms with Gasteiger partial charge in [-0.2, -0.15) is 0 Å². The molecule has 3 aromatic rings. The molecule has 1 aromatic heterocycles. The number of nitrogens with one attached hydrogen (secondary N) is 2. The van der Waals surface area contributed by atoms with Gasteiger partial charge >= 0.3 is 11.7 Å². The Bertz CT molecular complexity index is 1020. The van der Waals surface area contributed by atoms with Crippen LogP contribution in [0.2, 0.25) is 0 Å². The van der Waals surface area contributed by atoms with Crippen molar-refractivity contribution in [3.63, 3.8) is 0 Å². The van der Waals surface area contributed by atoms with E-state index >= 15 is 0 Å². The molecule has 3 rings (SSSR count). The van der Waals surface area contributed by atoms with Gasteiger partial charge in [0.15, 0.2) is 0 Å². The normalized spacial score (nSPS) is 10.3. The highest BCUT2D eigenvalue weighted by Crippen LogP contribution is 2.33. The molecule has 142 valence electrons. The van der Waals surface area contributed by atoms with Gasteiger partial charge in [-0.1, -0.05) is 25.1 Å². The number of nitrogens with zero attached hydrogens (tertiary/aromatic N) is 3. The molecule has 0 saturated heterocycles. The van der Waals surface area contributed by atoms with Crippen molar-refractivity contribution in [2.75, 3.05) is 10.6 Å². The van der Waals surface area contributed by atoms with Gasteiger partial charge in [-0.25, -0.2) is 14.8 Å². The van der Waals surface area contributed by atoms with E-state index in [9.17, 15) is 14.9 Å². The molecule has 0 aliphatic heterocycles. The Balaban J connectivity index is 1.95. The first-order valence-electron chi connectivity index (χ1n) is 8.44. The van der Waals surface area contributed by atoms with Crippen molar-refractivity contribution < 1.29 is 14.8 Å². The van der Waals surface area contributed by atoms with Crippen LogP contribution in [0.1, 0.15) is 22.8 Å². The Morgan fingerprint density at radius 3 is 2.32 bits per heavy atom. The van der Waals surface area contributed by atoms with Crippen molar-refractivity contribution in [2.45, 2.75) is 13.3 Å². The zero-order valence-electron chi connectivity index (χ0n) is 14.9. The van der Waals surface area contributed by atoms with E-state index in [1.807, 2.05) is 31.2 Å². The summed E-state index contributed by atoms with van der Waals surface area (Å²) in [4.78, 5) is 30.1. The van der Waals surface area contributed by atoms with Crippen LogP contribution in [0, 0.1) is 10.1 Å². The lowest BCUT2D eigenvalue weighted by Gasteiger charge is -2.12. The minimum atomic E-state index is -1.05. The zero-order chi connectivity index (χ0) is 20.1. The number of hydrogen-bond acceptors (Lipinski definition) is 7. The minimum Gasteiger partial charge on any atom is -0.478 e. The van der Waals surface area contributed by atoms with E-state index in [1.54, 1.807) is 0 Å². The summed E-state index contributed by atoms with van der Waals surface area (Å²) >= 11 is 0. The summed E-state index contributed by atoms with van der Waals surface area (Å²) in [5.41, 5.74) is 1.99. The first-order chi connectivity index (χ1) is 13.5. The standard InChI is InChI=1S/C19H17N5O4/c1-2-12-5-3-4-6-15(12)23-18-16(24(27)28)17(20-11-21-18)22-14-9-7-13(8-10-14)19(25)26/h3-11H,2H2,1H3,(H,25,26)(H2,20,21,22,23). The summed E-state index contributed by atoms with van der Waals surface area (Å²) in [6, 6.07) is 13.3. The van der Waals surface area contributed by atoms with Gasteiger partial charge in [-0.15, -0.1) is 0 Å². The number of aromatic nitrogens is 2. The molecule has 0 atom stereocenters. The highest BCUT2D eigenvalue weighted by atomic mass is 16.6. The van der Waals surface area contributed by atoms with Crippen molar-refractivity contribution in [1.82, 2.24) is 9.97 Å². The monoisotopic (exact) mass is 379 g/mol. The summed E-state index contributed by atoms with van der Waals surface area (Å²) in [6.45, 7) is 1.99.